The highest BCUT2D eigenvalue weighted by Gasteiger charge is 2.13. The summed E-state index contributed by atoms with van der Waals surface area (Å²) in [5.74, 6) is 2.99. The van der Waals surface area contributed by atoms with Crippen LogP contribution >= 0.6 is 11.3 Å². The van der Waals surface area contributed by atoms with Gasteiger partial charge in [0.05, 0.1) is 10.7 Å². The average Bonchev–Trinajstić information content (AvgIpc) is 3.30. The van der Waals surface area contributed by atoms with E-state index in [1.807, 2.05) is 12.1 Å². The number of nitrogens with one attached hydrogen (secondary N) is 2. The SMILES string of the molecule is CCNC(=NCCc1csc(C(C)C)n1)NCCc1ccc2c(c1)OCO2. The van der Waals surface area contributed by atoms with Crippen molar-refractivity contribution >= 4 is 17.3 Å². The van der Waals surface area contributed by atoms with Crippen LogP contribution in [0.15, 0.2) is 28.6 Å². The van der Waals surface area contributed by atoms with Crippen molar-refractivity contribution in [2.75, 3.05) is 26.4 Å². The number of aliphatic imine (C=N–C) groups is 1. The Hall–Kier alpha value is -2.28. The molecule has 1 aliphatic heterocycles. The lowest BCUT2D eigenvalue weighted by atomic mass is 10.1. The second-order valence-corrected chi connectivity index (χ2v) is 7.60. The first-order chi connectivity index (χ1) is 13.2. The highest BCUT2D eigenvalue weighted by atomic mass is 32.1. The topological polar surface area (TPSA) is 67.8 Å². The number of guanidine groups is 1. The van der Waals surface area contributed by atoms with Crippen molar-refractivity contribution in [2.24, 2.45) is 4.99 Å². The van der Waals surface area contributed by atoms with Crippen LogP contribution in [0.2, 0.25) is 0 Å². The zero-order chi connectivity index (χ0) is 19.1. The molecule has 0 saturated carbocycles. The number of aromatic nitrogens is 1. The van der Waals surface area contributed by atoms with E-state index in [1.54, 1.807) is 11.3 Å². The summed E-state index contributed by atoms with van der Waals surface area (Å²) < 4.78 is 10.8. The van der Waals surface area contributed by atoms with E-state index >= 15 is 0 Å². The molecule has 2 N–H and O–H groups in total. The van der Waals surface area contributed by atoms with Crippen LogP contribution in [0.25, 0.3) is 0 Å². The number of thiazole rings is 1. The first-order valence-corrected chi connectivity index (χ1v) is 10.4. The minimum atomic E-state index is 0.311. The largest absolute Gasteiger partial charge is 0.454 e. The Kier molecular flexibility index (Phi) is 6.92. The molecule has 0 aliphatic carbocycles. The van der Waals surface area contributed by atoms with E-state index in [-0.39, 0.29) is 0 Å². The summed E-state index contributed by atoms with van der Waals surface area (Å²) in [5, 5.41) is 10.0. The molecular weight excluding hydrogens is 360 g/mol. The first-order valence-electron chi connectivity index (χ1n) is 9.50. The second-order valence-electron chi connectivity index (χ2n) is 6.71. The van der Waals surface area contributed by atoms with E-state index in [0.717, 1.165) is 55.6 Å². The summed E-state index contributed by atoms with van der Waals surface area (Å²) in [6.07, 6.45) is 1.76. The highest BCUT2D eigenvalue weighted by Crippen LogP contribution is 2.32. The fourth-order valence-corrected chi connectivity index (χ4v) is 3.62. The normalized spacial score (nSPS) is 13.3. The molecule has 0 atom stereocenters. The highest BCUT2D eigenvalue weighted by molar-refractivity contribution is 7.09. The second kappa shape index (κ2) is 9.60. The number of rotatable bonds is 8. The maximum Gasteiger partial charge on any atom is 0.231 e. The van der Waals surface area contributed by atoms with Gasteiger partial charge in [0.1, 0.15) is 0 Å². The minimum absolute atomic E-state index is 0.311. The Balaban J connectivity index is 1.47. The molecule has 2 aromatic rings. The molecule has 0 bridgehead atoms. The van der Waals surface area contributed by atoms with Crippen LogP contribution < -0.4 is 20.1 Å². The number of nitrogens with zero attached hydrogens (tertiary/aromatic N) is 2. The number of hydrogen-bond donors (Lipinski definition) is 2. The molecule has 0 radical (unpaired) electrons. The zero-order valence-electron chi connectivity index (χ0n) is 16.2. The maximum absolute atomic E-state index is 5.43. The molecule has 1 aromatic carbocycles. The fourth-order valence-electron chi connectivity index (χ4n) is 2.75. The van der Waals surface area contributed by atoms with Crippen molar-refractivity contribution in [3.8, 4) is 11.5 Å². The van der Waals surface area contributed by atoms with Gasteiger partial charge in [0.2, 0.25) is 6.79 Å². The van der Waals surface area contributed by atoms with Crippen molar-refractivity contribution in [1.82, 2.24) is 15.6 Å². The lowest BCUT2D eigenvalue weighted by Crippen LogP contribution is -2.38. The lowest BCUT2D eigenvalue weighted by Gasteiger charge is -2.11. The van der Waals surface area contributed by atoms with E-state index < -0.39 is 0 Å². The van der Waals surface area contributed by atoms with E-state index in [2.05, 4.69) is 52.8 Å². The van der Waals surface area contributed by atoms with Crippen molar-refractivity contribution in [2.45, 2.75) is 39.5 Å². The van der Waals surface area contributed by atoms with Crippen LogP contribution in [-0.2, 0) is 12.8 Å². The molecule has 1 aromatic heterocycles. The summed E-state index contributed by atoms with van der Waals surface area (Å²) in [5.41, 5.74) is 2.34. The summed E-state index contributed by atoms with van der Waals surface area (Å²) in [4.78, 5) is 9.34. The molecule has 1 aliphatic rings. The Morgan fingerprint density at radius 1 is 1.22 bits per heavy atom. The monoisotopic (exact) mass is 388 g/mol. The van der Waals surface area contributed by atoms with Gasteiger partial charge in [-0.1, -0.05) is 19.9 Å². The molecular formula is C20H28N4O2S. The van der Waals surface area contributed by atoms with Crippen LogP contribution in [0.1, 0.15) is 43.0 Å². The fraction of sp³-hybridized carbons (Fsp3) is 0.500. The van der Waals surface area contributed by atoms with Crippen LogP contribution in [-0.4, -0.2) is 37.4 Å². The van der Waals surface area contributed by atoms with Crippen molar-refractivity contribution in [3.63, 3.8) is 0 Å². The zero-order valence-corrected chi connectivity index (χ0v) is 17.1. The van der Waals surface area contributed by atoms with E-state index in [9.17, 15) is 0 Å². The van der Waals surface area contributed by atoms with Gasteiger partial charge in [0.15, 0.2) is 17.5 Å². The molecule has 2 heterocycles. The molecule has 6 nitrogen and oxygen atoms in total. The number of fused-ring (bicyclic) bond motifs is 1. The standard InChI is InChI=1S/C20H28N4O2S/c1-4-21-20(23-10-8-16-12-27-19(24-16)14(2)3)22-9-7-15-5-6-17-18(11-15)26-13-25-17/h5-6,11-12,14H,4,7-10,13H2,1-3H3,(H2,21,22,23). The predicted octanol–water partition coefficient (Wildman–Crippen LogP) is 3.34. The number of ether oxygens (including phenoxy) is 2. The molecule has 3 rings (SSSR count). The summed E-state index contributed by atoms with van der Waals surface area (Å²) in [6.45, 7) is 9.10. The molecule has 0 saturated heterocycles. The molecule has 0 unspecified atom stereocenters. The average molecular weight is 389 g/mol. The minimum Gasteiger partial charge on any atom is -0.454 e. The third-order valence-corrected chi connectivity index (χ3v) is 5.38. The van der Waals surface area contributed by atoms with Crippen molar-refractivity contribution in [1.29, 1.82) is 0 Å². The van der Waals surface area contributed by atoms with E-state index in [4.69, 9.17) is 9.47 Å². The van der Waals surface area contributed by atoms with Crippen LogP contribution in [0, 0.1) is 0 Å². The Labute approximate surface area is 165 Å². The molecule has 0 amide bonds. The van der Waals surface area contributed by atoms with Crippen LogP contribution in [0.5, 0.6) is 11.5 Å². The maximum atomic E-state index is 5.43. The van der Waals surface area contributed by atoms with Gasteiger partial charge in [-0.2, -0.15) is 0 Å². The van der Waals surface area contributed by atoms with E-state index in [1.165, 1.54) is 10.6 Å². The van der Waals surface area contributed by atoms with Crippen LogP contribution in [0.3, 0.4) is 0 Å². The van der Waals surface area contributed by atoms with E-state index in [0.29, 0.717) is 12.7 Å². The third kappa shape index (κ3) is 5.60. The number of hydrogen-bond acceptors (Lipinski definition) is 5. The summed E-state index contributed by atoms with van der Waals surface area (Å²) in [7, 11) is 0. The summed E-state index contributed by atoms with van der Waals surface area (Å²) in [6, 6.07) is 6.09. The Morgan fingerprint density at radius 2 is 2.07 bits per heavy atom. The number of benzene rings is 1. The van der Waals surface area contributed by atoms with Gasteiger partial charge in [-0.25, -0.2) is 4.98 Å². The van der Waals surface area contributed by atoms with Gasteiger partial charge in [-0.3, -0.25) is 4.99 Å². The van der Waals surface area contributed by atoms with Gasteiger partial charge in [0, 0.05) is 37.4 Å². The molecule has 7 heteroatoms. The van der Waals surface area contributed by atoms with Crippen molar-refractivity contribution < 1.29 is 9.47 Å². The lowest BCUT2D eigenvalue weighted by molar-refractivity contribution is 0.174. The van der Waals surface area contributed by atoms with Gasteiger partial charge >= 0.3 is 0 Å². The Bertz CT molecular complexity index is 773. The molecule has 146 valence electrons. The van der Waals surface area contributed by atoms with Crippen molar-refractivity contribution in [3.05, 3.63) is 39.8 Å². The molecule has 27 heavy (non-hydrogen) atoms. The van der Waals surface area contributed by atoms with Crippen LogP contribution in [0.4, 0.5) is 0 Å². The third-order valence-electron chi connectivity index (χ3n) is 4.19. The van der Waals surface area contributed by atoms with Gasteiger partial charge in [0.25, 0.3) is 0 Å². The predicted molar refractivity (Wildman–Crippen MR) is 110 cm³/mol. The molecule has 0 fully saturated rings. The summed E-state index contributed by atoms with van der Waals surface area (Å²) >= 11 is 1.74. The smallest absolute Gasteiger partial charge is 0.231 e. The van der Waals surface area contributed by atoms with Gasteiger partial charge in [-0.05, 0) is 31.0 Å². The molecule has 0 spiro atoms. The van der Waals surface area contributed by atoms with Gasteiger partial charge in [-0.15, -0.1) is 11.3 Å². The quantitative estimate of drug-likeness (QED) is 0.536. The first kappa shape index (κ1) is 19.5. The van der Waals surface area contributed by atoms with Gasteiger partial charge < -0.3 is 20.1 Å². The Morgan fingerprint density at radius 3 is 2.85 bits per heavy atom.